The Morgan fingerprint density at radius 3 is 2.80 bits per heavy atom. The van der Waals surface area contributed by atoms with Gasteiger partial charge in [-0.15, -0.1) is 0 Å². The van der Waals surface area contributed by atoms with Crippen LogP contribution in [0.5, 0.6) is 0 Å². The van der Waals surface area contributed by atoms with Crippen LogP contribution >= 0.6 is 15.9 Å². The quantitative estimate of drug-likeness (QED) is 0.774. The van der Waals surface area contributed by atoms with Crippen LogP contribution in [0.1, 0.15) is 34.9 Å². The molecule has 8 heteroatoms. The van der Waals surface area contributed by atoms with E-state index in [1.165, 1.54) is 12.0 Å². The maximum absolute atomic E-state index is 12.4. The first-order valence-electron chi connectivity index (χ1n) is 6.28. The van der Waals surface area contributed by atoms with Crippen LogP contribution in [0.15, 0.2) is 4.47 Å². The SMILES string of the molecule is COCCN(CC(=O)O)C(=O)c1n[nH]c(C2CC2)c1Br. The lowest BCUT2D eigenvalue weighted by molar-refractivity contribution is -0.137. The van der Waals surface area contributed by atoms with E-state index < -0.39 is 11.9 Å². The third-order valence-corrected chi connectivity index (χ3v) is 3.90. The molecule has 20 heavy (non-hydrogen) atoms. The molecule has 1 aliphatic carbocycles. The number of aliphatic carboxylic acids is 1. The number of methoxy groups -OCH3 is 1. The molecule has 0 spiro atoms. The third-order valence-electron chi connectivity index (χ3n) is 3.10. The number of carbonyl (C=O) groups is 2. The van der Waals surface area contributed by atoms with Gasteiger partial charge in [0.15, 0.2) is 5.69 Å². The van der Waals surface area contributed by atoms with Crippen LogP contribution < -0.4 is 0 Å². The minimum absolute atomic E-state index is 0.208. The monoisotopic (exact) mass is 345 g/mol. The standard InChI is InChI=1S/C12H16BrN3O4/c1-20-5-4-16(6-8(17)18)12(19)11-9(13)10(14-15-11)7-2-3-7/h7H,2-6H2,1H3,(H,14,15)(H,17,18). The number of amides is 1. The van der Waals surface area contributed by atoms with Gasteiger partial charge in [-0.25, -0.2) is 0 Å². The lowest BCUT2D eigenvalue weighted by Gasteiger charge is -2.19. The maximum atomic E-state index is 12.4. The van der Waals surface area contributed by atoms with Gasteiger partial charge >= 0.3 is 5.97 Å². The van der Waals surface area contributed by atoms with E-state index in [0.29, 0.717) is 10.4 Å². The van der Waals surface area contributed by atoms with E-state index >= 15 is 0 Å². The number of halogens is 1. The van der Waals surface area contributed by atoms with E-state index in [4.69, 9.17) is 9.84 Å². The zero-order valence-electron chi connectivity index (χ0n) is 11.1. The van der Waals surface area contributed by atoms with Gasteiger partial charge in [0.05, 0.1) is 16.8 Å². The van der Waals surface area contributed by atoms with Gasteiger partial charge in [0.1, 0.15) is 6.54 Å². The Morgan fingerprint density at radius 2 is 2.25 bits per heavy atom. The Kier molecular flexibility index (Phi) is 4.77. The predicted molar refractivity (Wildman–Crippen MR) is 73.7 cm³/mol. The molecule has 0 unspecified atom stereocenters. The Hall–Kier alpha value is -1.41. The molecule has 0 radical (unpaired) electrons. The molecule has 7 nitrogen and oxygen atoms in total. The zero-order chi connectivity index (χ0) is 14.7. The summed E-state index contributed by atoms with van der Waals surface area (Å²) in [6, 6.07) is 0. The number of carboxylic acid groups (broad SMARTS) is 1. The molecule has 1 aliphatic rings. The van der Waals surface area contributed by atoms with E-state index in [9.17, 15) is 9.59 Å². The van der Waals surface area contributed by atoms with Crippen molar-refractivity contribution in [1.82, 2.24) is 15.1 Å². The fourth-order valence-corrected chi connectivity index (χ4v) is 2.56. The number of nitrogens with zero attached hydrogens (tertiary/aromatic N) is 2. The summed E-state index contributed by atoms with van der Waals surface area (Å²) in [5.74, 6) is -1.06. The lowest BCUT2D eigenvalue weighted by Crippen LogP contribution is -2.38. The van der Waals surface area contributed by atoms with E-state index in [1.807, 2.05) is 0 Å². The second-order valence-corrected chi connectivity index (χ2v) is 5.48. The smallest absolute Gasteiger partial charge is 0.323 e. The van der Waals surface area contributed by atoms with E-state index in [2.05, 4.69) is 26.1 Å². The molecule has 0 atom stereocenters. The van der Waals surface area contributed by atoms with Crippen LogP contribution in [0.4, 0.5) is 0 Å². The van der Waals surface area contributed by atoms with Gasteiger partial charge < -0.3 is 14.7 Å². The van der Waals surface area contributed by atoms with Crippen molar-refractivity contribution >= 4 is 27.8 Å². The highest BCUT2D eigenvalue weighted by Gasteiger charge is 2.32. The summed E-state index contributed by atoms with van der Waals surface area (Å²) < 4.78 is 5.53. The highest BCUT2D eigenvalue weighted by atomic mass is 79.9. The van der Waals surface area contributed by atoms with Crippen molar-refractivity contribution in [2.75, 3.05) is 26.8 Å². The molecule has 1 saturated carbocycles. The number of aromatic amines is 1. The number of carboxylic acids is 1. The predicted octanol–water partition coefficient (Wildman–Crippen LogP) is 1.22. The maximum Gasteiger partial charge on any atom is 0.323 e. The number of nitrogens with one attached hydrogen (secondary N) is 1. The topological polar surface area (TPSA) is 95.5 Å². The number of hydrogen-bond donors (Lipinski definition) is 2. The lowest BCUT2D eigenvalue weighted by atomic mass is 10.2. The van der Waals surface area contributed by atoms with Crippen molar-refractivity contribution in [1.29, 1.82) is 0 Å². The van der Waals surface area contributed by atoms with Gasteiger partial charge in [-0.05, 0) is 28.8 Å². The molecule has 0 aromatic carbocycles. The second-order valence-electron chi connectivity index (χ2n) is 4.69. The number of hydrogen-bond acceptors (Lipinski definition) is 4. The fraction of sp³-hybridized carbons (Fsp3) is 0.583. The molecule has 1 aromatic rings. The fourth-order valence-electron chi connectivity index (χ4n) is 1.89. The molecule has 1 fully saturated rings. The number of aromatic nitrogens is 2. The van der Waals surface area contributed by atoms with Gasteiger partial charge in [-0.2, -0.15) is 5.10 Å². The van der Waals surface area contributed by atoms with Gasteiger partial charge in [-0.1, -0.05) is 0 Å². The summed E-state index contributed by atoms with van der Waals surface area (Å²) in [7, 11) is 1.50. The number of carbonyl (C=O) groups excluding carboxylic acids is 1. The van der Waals surface area contributed by atoms with E-state index in [1.54, 1.807) is 0 Å². The first-order valence-corrected chi connectivity index (χ1v) is 7.07. The Labute approximate surface area is 124 Å². The first kappa shape index (κ1) is 15.0. The molecule has 0 bridgehead atoms. The average Bonchev–Trinajstić information content (AvgIpc) is 3.17. The minimum Gasteiger partial charge on any atom is -0.480 e. The van der Waals surface area contributed by atoms with Gasteiger partial charge in [0, 0.05) is 19.6 Å². The highest BCUT2D eigenvalue weighted by molar-refractivity contribution is 9.10. The molecule has 110 valence electrons. The summed E-state index contributed by atoms with van der Waals surface area (Å²) in [4.78, 5) is 24.4. The molecule has 1 aromatic heterocycles. The van der Waals surface area contributed by atoms with Gasteiger partial charge in [0.2, 0.25) is 0 Å². The first-order chi connectivity index (χ1) is 9.54. The van der Waals surface area contributed by atoms with Crippen molar-refractivity contribution < 1.29 is 19.4 Å². The molecule has 2 rings (SSSR count). The third kappa shape index (κ3) is 3.37. The van der Waals surface area contributed by atoms with E-state index in [0.717, 1.165) is 18.5 Å². The van der Waals surface area contributed by atoms with Crippen molar-refractivity contribution in [3.8, 4) is 0 Å². The molecular formula is C12H16BrN3O4. The van der Waals surface area contributed by atoms with Gasteiger partial charge in [-0.3, -0.25) is 14.7 Å². The summed E-state index contributed by atoms with van der Waals surface area (Å²) in [5, 5.41) is 15.8. The van der Waals surface area contributed by atoms with Crippen molar-refractivity contribution in [2.24, 2.45) is 0 Å². The Balaban J connectivity index is 2.15. The molecule has 0 aliphatic heterocycles. The zero-order valence-corrected chi connectivity index (χ0v) is 12.6. The second kappa shape index (κ2) is 6.36. The Morgan fingerprint density at radius 1 is 1.55 bits per heavy atom. The number of ether oxygens (including phenoxy) is 1. The molecule has 1 heterocycles. The Bertz CT molecular complexity index is 513. The van der Waals surface area contributed by atoms with Crippen LogP contribution in [0.25, 0.3) is 0 Å². The molecule has 2 N–H and O–H groups in total. The summed E-state index contributed by atoms with van der Waals surface area (Å²) >= 11 is 3.38. The summed E-state index contributed by atoms with van der Waals surface area (Å²) in [6.45, 7) is 0.108. The number of H-pyrrole nitrogens is 1. The molecule has 0 saturated heterocycles. The van der Waals surface area contributed by atoms with Crippen molar-refractivity contribution in [2.45, 2.75) is 18.8 Å². The van der Waals surface area contributed by atoms with Crippen LogP contribution in [-0.4, -0.2) is 58.9 Å². The normalized spacial score (nSPS) is 14.3. The van der Waals surface area contributed by atoms with Gasteiger partial charge in [0.25, 0.3) is 5.91 Å². The van der Waals surface area contributed by atoms with E-state index in [-0.39, 0.29) is 25.4 Å². The van der Waals surface area contributed by atoms with Crippen LogP contribution in [0.3, 0.4) is 0 Å². The van der Waals surface area contributed by atoms with Crippen LogP contribution in [-0.2, 0) is 9.53 Å². The molecule has 1 amide bonds. The number of rotatable bonds is 7. The van der Waals surface area contributed by atoms with Crippen molar-refractivity contribution in [3.63, 3.8) is 0 Å². The average molecular weight is 346 g/mol. The summed E-state index contributed by atoms with van der Waals surface area (Å²) in [6.07, 6.45) is 2.16. The van der Waals surface area contributed by atoms with Crippen LogP contribution in [0.2, 0.25) is 0 Å². The largest absolute Gasteiger partial charge is 0.480 e. The highest BCUT2D eigenvalue weighted by Crippen LogP contribution is 2.43. The summed E-state index contributed by atoms with van der Waals surface area (Å²) in [5.41, 5.74) is 1.14. The van der Waals surface area contributed by atoms with Crippen LogP contribution in [0, 0.1) is 0 Å². The minimum atomic E-state index is -1.07. The molecular weight excluding hydrogens is 330 g/mol. The van der Waals surface area contributed by atoms with Crippen molar-refractivity contribution in [3.05, 3.63) is 15.9 Å².